The van der Waals surface area contributed by atoms with Gasteiger partial charge >= 0.3 is 6.03 Å². The quantitative estimate of drug-likeness (QED) is 0.714. The van der Waals surface area contributed by atoms with E-state index in [1.807, 2.05) is 18.2 Å². The highest BCUT2D eigenvalue weighted by molar-refractivity contribution is 7.71. The Bertz CT molecular complexity index is 574. The molecular weight excluding hydrogens is 238 g/mol. The van der Waals surface area contributed by atoms with Gasteiger partial charge in [0.1, 0.15) is 0 Å². The summed E-state index contributed by atoms with van der Waals surface area (Å²) in [5.74, 6) is 0.364. The number of anilines is 2. The summed E-state index contributed by atoms with van der Waals surface area (Å²) in [6.07, 6.45) is 0. The van der Waals surface area contributed by atoms with Crippen molar-refractivity contribution in [3.05, 3.63) is 35.1 Å². The van der Waals surface area contributed by atoms with Crippen molar-refractivity contribution in [2.45, 2.75) is 0 Å². The molecule has 0 aliphatic rings. The SMILES string of the molecule is Cn1[nH]c(=S)nc1NC(=O)Nc1ccccc1. The fourth-order valence-electron chi connectivity index (χ4n) is 1.29. The largest absolute Gasteiger partial charge is 0.326 e. The molecule has 7 heteroatoms. The predicted molar refractivity (Wildman–Crippen MR) is 67.5 cm³/mol. The lowest BCUT2D eigenvalue weighted by atomic mass is 10.3. The van der Waals surface area contributed by atoms with Crippen LogP contribution in [0.25, 0.3) is 0 Å². The molecule has 0 saturated carbocycles. The van der Waals surface area contributed by atoms with E-state index in [0.29, 0.717) is 16.4 Å². The van der Waals surface area contributed by atoms with Gasteiger partial charge in [0, 0.05) is 12.7 Å². The van der Waals surface area contributed by atoms with Gasteiger partial charge in [0.2, 0.25) is 10.7 Å². The third kappa shape index (κ3) is 2.91. The second kappa shape index (κ2) is 4.79. The highest BCUT2D eigenvalue weighted by atomic mass is 32.1. The molecule has 2 amide bonds. The predicted octanol–water partition coefficient (Wildman–Crippen LogP) is 2.12. The van der Waals surface area contributed by atoms with E-state index < -0.39 is 0 Å². The Kier molecular flexibility index (Phi) is 3.20. The van der Waals surface area contributed by atoms with Crippen LogP contribution in [0.1, 0.15) is 0 Å². The third-order valence-corrected chi connectivity index (χ3v) is 2.23. The van der Waals surface area contributed by atoms with Gasteiger partial charge in [0.15, 0.2) is 0 Å². The number of para-hydroxylation sites is 1. The van der Waals surface area contributed by atoms with Gasteiger partial charge in [0.05, 0.1) is 0 Å². The van der Waals surface area contributed by atoms with Crippen LogP contribution in [0.4, 0.5) is 16.4 Å². The van der Waals surface area contributed by atoms with E-state index in [0.717, 1.165) is 0 Å². The van der Waals surface area contributed by atoms with Crippen LogP contribution in [0.5, 0.6) is 0 Å². The van der Waals surface area contributed by atoms with E-state index in [1.165, 1.54) is 4.68 Å². The Balaban J connectivity index is 2.03. The van der Waals surface area contributed by atoms with Crippen molar-refractivity contribution in [2.24, 2.45) is 7.05 Å². The standard InChI is InChI=1S/C10H11N5OS/c1-15-8(13-10(17)14-15)12-9(16)11-7-5-3-2-4-6-7/h2-6H,1H3,(H3,11,12,13,14,16,17). The van der Waals surface area contributed by atoms with Crippen LogP contribution < -0.4 is 10.6 Å². The van der Waals surface area contributed by atoms with Crippen LogP contribution in [0.2, 0.25) is 0 Å². The maximum atomic E-state index is 11.6. The number of nitrogens with one attached hydrogen (secondary N) is 3. The third-order valence-electron chi connectivity index (χ3n) is 2.05. The van der Waals surface area contributed by atoms with E-state index in [9.17, 15) is 4.79 Å². The molecule has 0 spiro atoms. The number of nitrogens with zero attached hydrogens (tertiary/aromatic N) is 2. The molecule has 0 fully saturated rings. The number of aryl methyl sites for hydroxylation is 1. The number of H-pyrrole nitrogens is 1. The molecule has 0 radical (unpaired) electrons. The number of hydrogen-bond donors (Lipinski definition) is 3. The summed E-state index contributed by atoms with van der Waals surface area (Å²) in [6.45, 7) is 0. The van der Waals surface area contributed by atoms with Gasteiger partial charge in [-0.2, -0.15) is 4.98 Å². The maximum absolute atomic E-state index is 11.6. The molecule has 17 heavy (non-hydrogen) atoms. The van der Waals surface area contributed by atoms with Gasteiger partial charge in [-0.1, -0.05) is 18.2 Å². The minimum absolute atomic E-state index is 0.322. The monoisotopic (exact) mass is 249 g/mol. The van der Waals surface area contributed by atoms with Gasteiger partial charge in [0.25, 0.3) is 0 Å². The van der Waals surface area contributed by atoms with Crippen molar-refractivity contribution in [1.82, 2.24) is 14.8 Å². The average Bonchev–Trinajstić information content (AvgIpc) is 2.58. The van der Waals surface area contributed by atoms with Crippen molar-refractivity contribution >= 4 is 29.9 Å². The first-order valence-electron chi connectivity index (χ1n) is 4.91. The summed E-state index contributed by atoms with van der Waals surface area (Å²) in [5.41, 5.74) is 0.710. The second-order valence-electron chi connectivity index (χ2n) is 3.36. The molecule has 0 saturated heterocycles. The Hall–Kier alpha value is -2.15. The van der Waals surface area contributed by atoms with Gasteiger partial charge in [-0.15, -0.1) is 0 Å². The van der Waals surface area contributed by atoms with Crippen LogP contribution in [0.15, 0.2) is 30.3 Å². The summed E-state index contributed by atoms with van der Waals surface area (Å²) in [5, 5.41) is 8.01. The number of carbonyl (C=O) groups is 1. The molecule has 88 valence electrons. The number of hydrogen-bond acceptors (Lipinski definition) is 3. The summed E-state index contributed by atoms with van der Waals surface area (Å²) < 4.78 is 1.86. The Labute approximate surface area is 103 Å². The zero-order chi connectivity index (χ0) is 12.3. The molecule has 2 rings (SSSR count). The number of amides is 2. The minimum Gasteiger partial charge on any atom is -0.308 e. The highest BCUT2D eigenvalue weighted by Crippen LogP contribution is 2.06. The Morgan fingerprint density at radius 3 is 2.65 bits per heavy atom. The molecule has 1 aromatic heterocycles. The van der Waals surface area contributed by atoms with Crippen molar-refractivity contribution < 1.29 is 4.79 Å². The second-order valence-corrected chi connectivity index (χ2v) is 3.74. The van der Waals surface area contributed by atoms with E-state index >= 15 is 0 Å². The normalized spacial score (nSPS) is 9.94. The van der Waals surface area contributed by atoms with Crippen molar-refractivity contribution in [1.29, 1.82) is 0 Å². The molecule has 0 aliphatic heterocycles. The molecule has 6 nitrogen and oxygen atoms in total. The summed E-state index contributed by atoms with van der Waals surface area (Å²) in [6, 6.07) is 8.77. The smallest absolute Gasteiger partial charge is 0.308 e. The van der Waals surface area contributed by atoms with Crippen LogP contribution in [0.3, 0.4) is 0 Å². The van der Waals surface area contributed by atoms with Gasteiger partial charge < -0.3 is 5.32 Å². The van der Waals surface area contributed by atoms with Crippen molar-refractivity contribution in [2.75, 3.05) is 10.6 Å². The number of aromatic amines is 1. The lowest BCUT2D eigenvalue weighted by molar-refractivity contribution is 0.262. The molecule has 1 aromatic carbocycles. The number of aromatic nitrogens is 3. The minimum atomic E-state index is -0.367. The van der Waals surface area contributed by atoms with E-state index in [2.05, 4.69) is 20.7 Å². The Morgan fingerprint density at radius 1 is 1.35 bits per heavy atom. The molecule has 1 heterocycles. The zero-order valence-electron chi connectivity index (χ0n) is 9.10. The average molecular weight is 249 g/mol. The number of urea groups is 1. The zero-order valence-corrected chi connectivity index (χ0v) is 9.91. The molecule has 0 atom stereocenters. The van der Waals surface area contributed by atoms with Crippen LogP contribution >= 0.6 is 12.2 Å². The summed E-state index contributed by atoms with van der Waals surface area (Å²) >= 11 is 4.84. The number of carbonyl (C=O) groups excluding carboxylic acids is 1. The highest BCUT2D eigenvalue weighted by Gasteiger charge is 2.06. The molecule has 0 unspecified atom stereocenters. The summed E-state index contributed by atoms with van der Waals surface area (Å²) in [4.78, 5) is 15.6. The number of rotatable bonds is 2. The molecular formula is C10H11N5OS. The molecule has 2 aromatic rings. The van der Waals surface area contributed by atoms with Crippen molar-refractivity contribution in [3.63, 3.8) is 0 Å². The number of benzene rings is 1. The fourth-order valence-corrected chi connectivity index (χ4v) is 1.51. The van der Waals surface area contributed by atoms with Crippen LogP contribution in [0, 0.1) is 4.77 Å². The van der Waals surface area contributed by atoms with Gasteiger partial charge in [-0.05, 0) is 24.4 Å². The van der Waals surface area contributed by atoms with Crippen LogP contribution in [-0.4, -0.2) is 20.8 Å². The lowest BCUT2D eigenvalue weighted by Gasteiger charge is -2.06. The first-order chi connectivity index (χ1) is 8.15. The fraction of sp³-hybridized carbons (Fsp3) is 0.100. The Morgan fingerprint density at radius 2 is 2.06 bits per heavy atom. The van der Waals surface area contributed by atoms with Gasteiger partial charge in [-0.25, -0.2) is 4.79 Å². The molecule has 0 bridgehead atoms. The molecule has 3 N–H and O–H groups in total. The lowest BCUT2D eigenvalue weighted by Crippen LogP contribution is -2.21. The molecule has 0 aliphatic carbocycles. The van der Waals surface area contributed by atoms with E-state index in [-0.39, 0.29) is 6.03 Å². The maximum Gasteiger partial charge on any atom is 0.326 e. The van der Waals surface area contributed by atoms with Crippen LogP contribution in [-0.2, 0) is 7.05 Å². The van der Waals surface area contributed by atoms with Crippen molar-refractivity contribution in [3.8, 4) is 0 Å². The van der Waals surface area contributed by atoms with Gasteiger partial charge in [-0.3, -0.25) is 15.1 Å². The van der Waals surface area contributed by atoms with E-state index in [1.54, 1.807) is 19.2 Å². The summed E-state index contributed by atoms with van der Waals surface area (Å²) in [7, 11) is 1.71. The first kappa shape index (κ1) is 11.3. The first-order valence-corrected chi connectivity index (χ1v) is 5.32. The van der Waals surface area contributed by atoms with E-state index in [4.69, 9.17) is 12.2 Å². The topological polar surface area (TPSA) is 74.7 Å².